The van der Waals surface area contributed by atoms with E-state index in [9.17, 15) is 4.79 Å². The molecule has 0 atom stereocenters. The van der Waals surface area contributed by atoms with Gasteiger partial charge in [-0.25, -0.2) is 0 Å². The van der Waals surface area contributed by atoms with Gasteiger partial charge >= 0.3 is 0 Å². The van der Waals surface area contributed by atoms with Crippen LogP contribution in [0, 0.1) is 0 Å². The first-order valence-corrected chi connectivity index (χ1v) is 6.09. The first kappa shape index (κ1) is 12.6. The fourth-order valence-electron chi connectivity index (χ4n) is 1.88. The molecule has 3 N–H and O–H groups in total. The minimum atomic E-state index is -0.0625. The highest BCUT2D eigenvalue weighted by atomic mass is 16.1. The van der Waals surface area contributed by atoms with Gasteiger partial charge in [0.1, 0.15) is 0 Å². The highest BCUT2D eigenvalue weighted by Gasteiger charge is 2.07. The molecule has 0 radical (unpaired) electrons. The number of fused-ring (bicyclic) bond motifs is 1. The van der Waals surface area contributed by atoms with E-state index in [-0.39, 0.29) is 11.9 Å². The predicted octanol–water partition coefficient (Wildman–Crippen LogP) is 1.90. The Balaban J connectivity index is 2.30. The molecule has 1 aromatic carbocycles. The molecule has 0 aliphatic heterocycles. The molecule has 1 heterocycles. The molecule has 0 aliphatic rings. The van der Waals surface area contributed by atoms with Crippen molar-refractivity contribution in [3.63, 3.8) is 0 Å². The third kappa shape index (κ3) is 2.51. The zero-order valence-corrected chi connectivity index (χ0v) is 10.7. The van der Waals surface area contributed by atoms with Crippen molar-refractivity contribution in [2.45, 2.75) is 26.3 Å². The molecule has 5 nitrogen and oxygen atoms in total. The highest BCUT2D eigenvalue weighted by Crippen LogP contribution is 2.21. The van der Waals surface area contributed by atoms with Crippen molar-refractivity contribution in [2.24, 2.45) is 5.73 Å². The average Bonchev–Trinajstić information content (AvgIpc) is 2.72. The van der Waals surface area contributed by atoms with Crippen LogP contribution in [0.4, 0.5) is 5.69 Å². The summed E-state index contributed by atoms with van der Waals surface area (Å²) in [5.41, 5.74) is 7.15. The maximum absolute atomic E-state index is 11.5. The van der Waals surface area contributed by atoms with Gasteiger partial charge in [0.15, 0.2) is 0 Å². The number of benzene rings is 1. The normalized spacial score (nSPS) is 11.1. The number of carbonyl (C=O) groups excluding carboxylic acids is 1. The van der Waals surface area contributed by atoms with Gasteiger partial charge in [-0.15, -0.1) is 0 Å². The molecular weight excluding hydrogens is 228 g/mol. The number of aromatic nitrogens is 2. The van der Waals surface area contributed by atoms with Crippen LogP contribution in [0.5, 0.6) is 0 Å². The Labute approximate surface area is 106 Å². The SMILES string of the molecule is CC(C)n1ncc2ccc(NC(=O)CCN)cc21. The first-order chi connectivity index (χ1) is 8.61. The topological polar surface area (TPSA) is 72.9 Å². The van der Waals surface area contributed by atoms with Gasteiger partial charge in [-0.05, 0) is 32.0 Å². The van der Waals surface area contributed by atoms with Gasteiger partial charge in [-0.3, -0.25) is 9.48 Å². The van der Waals surface area contributed by atoms with Crippen LogP contribution in [-0.2, 0) is 4.79 Å². The average molecular weight is 246 g/mol. The number of rotatable bonds is 4. The molecular formula is C13H18N4O. The Bertz CT molecular complexity index is 559. The summed E-state index contributed by atoms with van der Waals surface area (Å²) in [6.45, 7) is 4.51. The quantitative estimate of drug-likeness (QED) is 0.865. The maximum Gasteiger partial charge on any atom is 0.225 e. The molecule has 96 valence electrons. The number of amides is 1. The predicted molar refractivity (Wildman–Crippen MR) is 72.4 cm³/mol. The van der Waals surface area contributed by atoms with E-state index in [2.05, 4.69) is 24.3 Å². The van der Waals surface area contributed by atoms with Crippen LogP contribution in [0.2, 0.25) is 0 Å². The smallest absolute Gasteiger partial charge is 0.225 e. The van der Waals surface area contributed by atoms with Crippen LogP contribution in [0.1, 0.15) is 26.3 Å². The Hall–Kier alpha value is -1.88. The van der Waals surface area contributed by atoms with E-state index in [4.69, 9.17) is 5.73 Å². The molecule has 0 fully saturated rings. The molecule has 0 unspecified atom stereocenters. The second kappa shape index (κ2) is 5.18. The van der Waals surface area contributed by atoms with Gasteiger partial charge in [0.2, 0.25) is 5.91 Å². The summed E-state index contributed by atoms with van der Waals surface area (Å²) >= 11 is 0. The van der Waals surface area contributed by atoms with E-state index in [1.54, 1.807) is 0 Å². The van der Waals surface area contributed by atoms with Crippen molar-refractivity contribution >= 4 is 22.5 Å². The van der Waals surface area contributed by atoms with Crippen molar-refractivity contribution in [1.82, 2.24) is 9.78 Å². The van der Waals surface area contributed by atoms with Crippen LogP contribution in [0.3, 0.4) is 0 Å². The summed E-state index contributed by atoms with van der Waals surface area (Å²) in [6.07, 6.45) is 2.17. The Morgan fingerprint density at radius 3 is 2.94 bits per heavy atom. The lowest BCUT2D eigenvalue weighted by molar-refractivity contribution is -0.116. The van der Waals surface area contributed by atoms with Crippen LogP contribution < -0.4 is 11.1 Å². The molecule has 5 heteroatoms. The third-order valence-corrected chi connectivity index (χ3v) is 2.74. The number of hydrogen-bond donors (Lipinski definition) is 2. The number of hydrogen-bond acceptors (Lipinski definition) is 3. The second-order valence-electron chi connectivity index (χ2n) is 4.54. The van der Waals surface area contributed by atoms with Crippen LogP contribution in [0.15, 0.2) is 24.4 Å². The number of nitrogens with one attached hydrogen (secondary N) is 1. The van der Waals surface area contributed by atoms with E-state index in [1.807, 2.05) is 29.1 Å². The molecule has 1 amide bonds. The van der Waals surface area contributed by atoms with E-state index in [1.165, 1.54) is 0 Å². The van der Waals surface area contributed by atoms with Crippen molar-refractivity contribution in [3.05, 3.63) is 24.4 Å². The van der Waals surface area contributed by atoms with Gasteiger partial charge in [0.05, 0.1) is 11.7 Å². The monoisotopic (exact) mass is 246 g/mol. The zero-order chi connectivity index (χ0) is 13.1. The molecule has 18 heavy (non-hydrogen) atoms. The molecule has 2 aromatic rings. The lowest BCUT2D eigenvalue weighted by atomic mass is 10.2. The summed E-state index contributed by atoms with van der Waals surface area (Å²) in [5.74, 6) is -0.0625. The lowest BCUT2D eigenvalue weighted by Crippen LogP contribution is -2.16. The highest BCUT2D eigenvalue weighted by molar-refractivity contribution is 5.93. The van der Waals surface area contributed by atoms with E-state index >= 15 is 0 Å². The summed E-state index contributed by atoms with van der Waals surface area (Å²) in [7, 11) is 0. The standard InChI is InChI=1S/C13H18N4O/c1-9(2)17-12-7-11(16-13(18)5-6-14)4-3-10(12)8-15-17/h3-4,7-9H,5-6,14H2,1-2H3,(H,16,18). The summed E-state index contributed by atoms with van der Waals surface area (Å²) in [4.78, 5) is 11.5. The second-order valence-corrected chi connectivity index (χ2v) is 4.54. The fourth-order valence-corrected chi connectivity index (χ4v) is 1.88. The molecule has 0 saturated heterocycles. The number of carbonyl (C=O) groups is 1. The number of nitrogens with zero attached hydrogens (tertiary/aromatic N) is 2. The van der Waals surface area contributed by atoms with Crippen LogP contribution >= 0.6 is 0 Å². The van der Waals surface area contributed by atoms with E-state index in [0.717, 1.165) is 16.6 Å². The molecule has 2 rings (SSSR count). The van der Waals surface area contributed by atoms with Gasteiger partial charge in [0.25, 0.3) is 0 Å². The van der Waals surface area contributed by atoms with Crippen LogP contribution in [-0.4, -0.2) is 22.2 Å². The fraction of sp³-hybridized carbons (Fsp3) is 0.385. The summed E-state index contributed by atoms with van der Waals surface area (Å²) in [6, 6.07) is 6.07. The summed E-state index contributed by atoms with van der Waals surface area (Å²) in [5, 5.41) is 8.24. The summed E-state index contributed by atoms with van der Waals surface area (Å²) < 4.78 is 1.94. The zero-order valence-electron chi connectivity index (χ0n) is 10.7. The molecule has 0 spiro atoms. The number of nitrogens with two attached hydrogens (primary N) is 1. The van der Waals surface area contributed by atoms with E-state index in [0.29, 0.717) is 13.0 Å². The van der Waals surface area contributed by atoms with Crippen molar-refractivity contribution in [1.29, 1.82) is 0 Å². The molecule has 0 aliphatic carbocycles. The lowest BCUT2D eigenvalue weighted by Gasteiger charge is -2.09. The van der Waals surface area contributed by atoms with Crippen molar-refractivity contribution < 1.29 is 4.79 Å². The Morgan fingerprint density at radius 2 is 2.28 bits per heavy atom. The Morgan fingerprint density at radius 1 is 1.50 bits per heavy atom. The van der Waals surface area contributed by atoms with Gasteiger partial charge in [-0.2, -0.15) is 5.10 Å². The minimum absolute atomic E-state index is 0.0625. The maximum atomic E-state index is 11.5. The Kier molecular flexibility index (Phi) is 3.62. The first-order valence-electron chi connectivity index (χ1n) is 6.09. The largest absolute Gasteiger partial charge is 0.330 e. The molecule has 1 aromatic heterocycles. The number of anilines is 1. The van der Waals surface area contributed by atoms with Gasteiger partial charge in [-0.1, -0.05) is 0 Å². The third-order valence-electron chi connectivity index (χ3n) is 2.74. The minimum Gasteiger partial charge on any atom is -0.330 e. The van der Waals surface area contributed by atoms with Crippen molar-refractivity contribution in [3.8, 4) is 0 Å². The van der Waals surface area contributed by atoms with E-state index < -0.39 is 0 Å². The van der Waals surface area contributed by atoms with Crippen LogP contribution in [0.25, 0.3) is 10.9 Å². The molecule has 0 saturated carbocycles. The van der Waals surface area contributed by atoms with Crippen molar-refractivity contribution in [2.75, 3.05) is 11.9 Å². The van der Waals surface area contributed by atoms with Gasteiger partial charge in [0, 0.05) is 30.1 Å². The molecule has 0 bridgehead atoms. The van der Waals surface area contributed by atoms with Gasteiger partial charge < -0.3 is 11.1 Å².